The average Bonchev–Trinajstić information content (AvgIpc) is 2.29. The first-order valence-electron chi connectivity index (χ1n) is 4.63. The predicted octanol–water partition coefficient (Wildman–Crippen LogP) is 1.40. The summed E-state index contributed by atoms with van der Waals surface area (Å²) in [6.45, 7) is 0. The summed E-state index contributed by atoms with van der Waals surface area (Å²) in [7, 11) is 1.59. The molecule has 0 aliphatic carbocycles. The Morgan fingerprint density at radius 1 is 1.47 bits per heavy atom. The van der Waals surface area contributed by atoms with Crippen molar-refractivity contribution in [1.29, 1.82) is 5.26 Å². The SMILES string of the molecule is CNC(=O)/C=C\Cc1ccc(C#N)cc1. The van der Waals surface area contributed by atoms with Crippen molar-refractivity contribution in [3.05, 3.63) is 47.5 Å². The van der Waals surface area contributed by atoms with Crippen LogP contribution in [0.15, 0.2) is 36.4 Å². The van der Waals surface area contributed by atoms with Crippen LogP contribution in [-0.2, 0) is 11.2 Å². The molecule has 0 spiro atoms. The lowest BCUT2D eigenvalue weighted by molar-refractivity contribution is -0.116. The van der Waals surface area contributed by atoms with Gasteiger partial charge < -0.3 is 5.32 Å². The molecule has 3 nitrogen and oxygen atoms in total. The van der Waals surface area contributed by atoms with Crippen LogP contribution in [0.5, 0.6) is 0 Å². The van der Waals surface area contributed by atoms with E-state index < -0.39 is 0 Å². The van der Waals surface area contributed by atoms with Gasteiger partial charge in [0.2, 0.25) is 5.91 Å². The Labute approximate surface area is 89.0 Å². The van der Waals surface area contributed by atoms with Crippen molar-refractivity contribution in [3.63, 3.8) is 0 Å². The Balaban J connectivity index is 2.55. The second kappa shape index (κ2) is 5.61. The van der Waals surface area contributed by atoms with Crippen molar-refractivity contribution in [2.24, 2.45) is 0 Å². The number of nitrogens with zero attached hydrogens (tertiary/aromatic N) is 1. The van der Waals surface area contributed by atoms with E-state index in [0.29, 0.717) is 12.0 Å². The standard InChI is InChI=1S/C12H12N2O/c1-14-12(15)4-2-3-10-5-7-11(9-13)8-6-10/h2,4-8H,3H2,1H3,(H,14,15)/b4-2-. The maximum atomic E-state index is 10.9. The van der Waals surface area contributed by atoms with Crippen LogP contribution in [-0.4, -0.2) is 13.0 Å². The molecule has 0 saturated carbocycles. The molecule has 0 saturated heterocycles. The summed E-state index contributed by atoms with van der Waals surface area (Å²) in [5.74, 6) is -0.108. The van der Waals surface area contributed by atoms with E-state index in [2.05, 4.69) is 11.4 Å². The van der Waals surface area contributed by atoms with Crippen LogP contribution >= 0.6 is 0 Å². The maximum Gasteiger partial charge on any atom is 0.243 e. The first-order chi connectivity index (χ1) is 7.26. The van der Waals surface area contributed by atoms with Crippen molar-refractivity contribution in [1.82, 2.24) is 5.32 Å². The monoisotopic (exact) mass is 200 g/mol. The van der Waals surface area contributed by atoms with Crippen molar-refractivity contribution in [3.8, 4) is 6.07 Å². The number of carbonyl (C=O) groups is 1. The highest BCUT2D eigenvalue weighted by Crippen LogP contribution is 2.04. The van der Waals surface area contributed by atoms with Crippen LogP contribution in [0, 0.1) is 11.3 Å². The molecule has 0 aliphatic heterocycles. The van der Waals surface area contributed by atoms with Crippen LogP contribution in [0.3, 0.4) is 0 Å². The van der Waals surface area contributed by atoms with Gasteiger partial charge in [0.05, 0.1) is 11.6 Å². The first-order valence-corrected chi connectivity index (χ1v) is 4.63. The van der Waals surface area contributed by atoms with Gasteiger partial charge in [-0.25, -0.2) is 0 Å². The Morgan fingerprint density at radius 3 is 2.67 bits per heavy atom. The molecule has 1 aromatic carbocycles. The molecule has 0 fully saturated rings. The van der Waals surface area contributed by atoms with Gasteiger partial charge in [0.1, 0.15) is 0 Å². The molecular weight excluding hydrogens is 188 g/mol. The number of allylic oxidation sites excluding steroid dienone is 1. The van der Waals surface area contributed by atoms with Gasteiger partial charge in [0.25, 0.3) is 0 Å². The molecule has 0 aromatic heterocycles. The van der Waals surface area contributed by atoms with Crippen LogP contribution in [0.2, 0.25) is 0 Å². The van der Waals surface area contributed by atoms with Crippen LogP contribution in [0.25, 0.3) is 0 Å². The summed E-state index contributed by atoms with van der Waals surface area (Å²) < 4.78 is 0. The molecule has 0 heterocycles. The molecular formula is C12H12N2O. The minimum absolute atomic E-state index is 0.108. The topological polar surface area (TPSA) is 52.9 Å². The molecule has 1 N–H and O–H groups in total. The second-order valence-corrected chi connectivity index (χ2v) is 3.03. The van der Waals surface area contributed by atoms with Gasteiger partial charge in [0, 0.05) is 7.05 Å². The minimum atomic E-state index is -0.108. The summed E-state index contributed by atoms with van der Waals surface area (Å²) in [6, 6.07) is 9.35. The zero-order chi connectivity index (χ0) is 11.1. The zero-order valence-electron chi connectivity index (χ0n) is 8.53. The fraction of sp³-hybridized carbons (Fsp3) is 0.167. The Hall–Kier alpha value is -2.08. The lowest BCUT2D eigenvalue weighted by Gasteiger charge is -1.95. The molecule has 1 rings (SSSR count). The molecule has 0 bridgehead atoms. The minimum Gasteiger partial charge on any atom is -0.356 e. The molecule has 1 aromatic rings. The molecule has 15 heavy (non-hydrogen) atoms. The van der Waals surface area contributed by atoms with E-state index in [1.54, 1.807) is 25.3 Å². The fourth-order valence-corrected chi connectivity index (χ4v) is 1.10. The normalized spacial score (nSPS) is 9.87. The molecule has 0 atom stereocenters. The number of hydrogen-bond acceptors (Lipinski definition) is 2. The number of nitrogens with one attached hydrogen (secondary N) is 1. The lowest BCUT2D eigenvalue weighted by atomic mass is 10.1. The molecule has 76 valence electrons. The summed E-state index contributed by atoms with van der Waals surface area (Å²) >= 11 is 0. The van der Waals surface area contributed by atoms with Crippen molar-refractivity contribution < 1.29 is 4.79 Å². The lowest BCUT2D eigenvalue weighted by Crippen LogP contribution is -2.14. The largest absolute Gasteiger partial charge is 0.356 e. The van der Waals surface area contributed by atoms with Gasteiger partial charge in [-0.3, -0.25) is 4.79 Å². The number of amides is 1. The smallest absolute Gasteiger partial charge is 0.243 e. The van der Waals surface area contributed by atoms with Crippen LogP contribution < -0.4 is 5.32 Å². The predicted molar refractivity (Wildman–Crippen MR) is 58.1 cm³/mol. The third kappa shape index (κ3) is 3.65. The highest BCUT2D eigenvalue weighted by Gasteiger charge is 1.92. The maximum absolute atomic E-state index is 10.9. The van der Waals surface area contributed by atoms with E-state index in [0.717, 1.165) is 5.56 Å². The van der Waals surface area contributed by atoms with Crippen LogP contribution in [0.1, 0.15) is 11.1 Å². The second-order valence-electron chi connectivity index (χ2n) is 3.03. The summed E-state index contributed by atoms with van der Waals surface area (Å²) in [4.78, 5) is 10.9. The van der Waals surface area contributed by atoms with Gasteiger partial charge in [-0.15, -0.1) is 0 Å². The molecule has 0 aliphatic rings. The third-order valence-electron chi connectivity index (χ3n) is 1.95. The third-order valence-corrected chi connectivity index (χ3v) is 1.95. The Morgan fingerprint density at radius 2 is 2.13 bits per heavy atom. The van der Waals surface area contributed by atoms with E-state index in [1.807, 2.05) is 12.1 Å². The fourth-order valence-electron chi connectivity index (χ4n) is 1.10. The van der Waals surface area contributed by atoms with E-state index in [9.17, 15) is 4.79 Å². The molecule has 3 heteroatoms. The van der Waals surface area contributed by atoms with E-state index >= 15 is 0 Å². The number of hydrogen-bond donors (Lipinski definition) is 1. The quantitative estimate of drug-likeness (QED) is 0.750. The average molecular weight is 200 g/mol. The number of benzene rings is 1. The van der Waals surface area contributed by atoms with E-state index in [-0.39, 0.29) is 5.91 Å². The van der Waals surface area contributed by atoms with Crippen molar-refractivity contribution in [2.45, 2.75) is 6.42 Å². The van der Waals surface area contributed by atoms with E-state index in [1.165, 1.54) is 6.08 Å². The highest BCUT2D eigenvalue weighted by atomic mass is 16.1. The van der Waals surface area contributed by atoms with Gasteiger partial charge in [0.15, 0.2) is 0 Å². The Kier molecular flexibility index (Phi) is 4.11. The number of nitriles is 1. The Bertz CT molecular complexity index is 399. The van der Waals surface area contributed by atoms with Crippen molar-refractivity contribution in [2.75, 3.05) is 7.05 Å². The number of rotatable bonds is 3. The summed E-state index contributed by atoms with van der Waals surface area (Å²) in [5.41, 5.74) is 1.73. The molecule has 0 unspecified atom stereocenters. The van der Waals surface area contributed by atoms with Gasteiger partial charge in [-0.2, -0.15) is 5.26 Å². The number of likely N-dealkylation sites (N-methyl/N-ethyl adjacent to an activating group) is 1. The van der Waals surface area contributed by atoms with Gasteiger partial charge in [-0.05, 0) is 30.2 Å². The van der Waals surface area contributed by atoms with Crippen molar-refractivity contribution >= 4 is 5.91 Å². The van der Waals surface area contributed by atoms with E-state index in [4.69, 9.17) is 5.26 Å². The highest BCUT2D eigenvalue weighted by molar-refractivity contribution is 5.87. The van der Waals surface area contributed by atoms with Gasteiger partial charge in [-0.1, -0.05) is 18.2 Å². The first kappa shape index (κ1) is 11.0. The number of carbonyl (C=O) groups excluding carboxylic acids is 1. The summed E-state index contributed by atoms with van der Waals surface area (Å²) in [5, 5.41) is 11.1. The zero-order valence-corrected chi connectivity index (χ0v) is 8.53. The summed E-state index contributed by atoms with van der Waals surface area (Å²) in [6.07, 6.45) is 3.98. The molecule has 1 amide bonds. The van der Waals surface area contributed by atoms with Gasteiger partial charge >= 0.3 is 0 Å². The molecule has 0 radical (unpaired) electrons. The van der Waals surface area contributed by atoms with Crippen LogP contribution in [0.4, 0.5) is 0 Å².